The van der Waals surface area contributed by atoms with E-state index in [-0.39, 0.29) is 5.78 Å². The van der Waals surface area contributed by atoms with Crippen molar-refractivity contribution < 1.29 is 9.53 Å². The first-order valence-corrected chi connectivity index (χ1v) is 8.06. The maximum Gasteiger partial charge on any atom is 0.177 e. The maximum atomic E-state index is 12.7. The third kappa shape index (κ3) is 3.15. The average Bonchev–Trinajstić information content (AvgIpc) is 2.57. The number of carbonyl (C=O) groups excluding carboxylic acids is 1. The highest BCUT2D eigenvalue weighted by Gasteiger charge is 2.20. The largest absolute Gasteiger partial charge is 0.496 e. The predicted molar refractivity (Wildman–Crippen MR) is 92.2 cm³/mol. The molecule has 0 bridgehead atoms. The van der Waals surface area contributed by atoms with Crippen LogP contribution < -0.4 is 4.74 Å². The fraction of sp³-hybridized carbons (Fsp3) is 0.350. The second-order valence-electron chi connectivity index (χ2n) is 6.22. The monoisotopic (exact) mass is 309 g/mol. The fourth-order valence-electron chi connectivity index (χ4n) is 3.30. The summed E-state index contributed by atoms with van der Waals surface area (Å²) in [6.45, 7) is 6.27. The van der Waals surface area contributed by atoms with Crippen molar-refractivity contribution in [3.8, 4) is 5.75 Å². The molecule has 0 aliphatic carbocycles. The maximum absolute atomic E-state index is 12.7. The molecular formula is C20H23NO2. The number of carbonyl (C=O) groups is 1. The number of ether oxygens (including phenoxy) is 1. The van der Waals surface area contributed by atoms with E-state index in [2.05, 4.69) is 29.2 Å². The summed E-state index contributed by atoms with van der Waals surface area (Å²) in [5, 5.41) is 0. The lowest BCUT2D eigenvalue weighted by molar-refractivity contribution is 0.0921. The van der Waals surface area contributed by atoms with E-state index in [0.29, 0.717) is 6.54 Å². The SMILES string of the molecule is COc1ccc(C(=O)CN2CCc3ccccc3C2)c(C)c1C. The van der Waals surface area contributed by atoms with Crippen molar-refractivity contribution in [2.45, 2.75) is 26.8 Å². The highest BCUT2D eigenvalue weighted by Crippen LogP contribution is 2.25. The molecule has 0 fully saturated rings. The summed E-state index contributed by atoms with van der Waals surface area (Å²) in [6.07, 6.45) is 1.02. The van der Waals surface area contributed by atoms with Gasteiger partial charge in [-0.15, -0.1) is 0 Å². The van der Waals surface area contributed by atoms with E-state index in [9.17, 15) is 4.79 Å². The molecule has 3 nitrogen and oxygen atoms in total. The highest BCUT2D eigenvalue weighted by molar-refractivity contribution is 5.99. The molecule has 0 amide bonds. The van der Waals surface area contributed by atoms with Crippen molar-refractivity contribution >= 4 is 5.78 Å². The van der Waals surface area contributed by atoms with E-state index < -0.39 is 0 Å². The van der Waals surface area contributed by atoms with Gasteiger partial charge in [-0.3, -0.25) is 9.69 Å². The highest BCUT2D eigenvalue weighted by atomic mass is 16.5. The molecule has 0 saturated carbocycles. The summed E-state index contributed by atoms with van der Waals surface area (Å²) in [5.74, 6) is 1.03. The van der Waals surface area contributed by atoms with E-state index in [4.69, 9.17) is 4.74 Å². The van der Waals surface area contributed by atoms with Crippen LogP contribution in [0.25, 0.3) is 0 Å². The van der Waals surface area contributed by atoms with Crippen LogP contribution in [0.3, 0.4) is 0 Å². The second-order valence-corrected chi connectivity index (χ2v) is 6.22. The van der Waals surface area contributed by atoms with Gasteiger partial charge in [-0.1, -0.05) is 24.3 Å². The van der Waals surface area contributed by atoms with Crippen molar-refractivity contribution in [3.63, 3.8) is 0 Å². The number of methoxy groups -OCH3 is 1. The zero-order valence-corrected chi connectivity index (χ0v) is 14.1. The Morgan fingerprint density at radius 1 is 1.09 bits per heavy atom. The third-order valence-electron chi connectivity index (χ3n) is 4.83. The van der Waals surface area contributed by atoms with E-state index in [1.165, 1.54) is 11.1 Å². The van der Waals surface area contributed by atoms with Crippen molar-refractivity contribution in [2.75, 3.05) is 20.2 Å². The summed E-state index contributed by atoms with van der Waals surface area (Å²) in [7, 11) is 1.66. The predicted octanol–water partition coefficient (Wildman–Crippen LogP) is 3.55. The van der Waals surface area contributed by atoms with Crippen LogP contribution in [0, 0.1) is 13.8 Å². The minimum absolute atomic E-state index is 0.188. The van der Waals surface area contributed by atoms with Gasteiger partial charge in [0.15, 0.2) is 5.78 Å². The van der Waals surface area contributed by atoms with Crippen molar-refractivity contribution in [1.29, 1.82) is 0 Å². The Kier molecular flexibility index (Phi) is 4.49. The number of Topliss-reactive ketones (excluding diaryl/α,β-unsaturated/α-hetero) is 1. The number of hydrogen-bond acceptors (Lipinski definition) is 3. The lowest BCUT2D eigenvalue weighted by Gasteiger charge is -2.28. The molecule has 0 spiro atoms. The van der Waals surface area contributed by atoms with Crippen molar-refractivity contribution in [3.05, 3.63) is 64.2 Å². The molecule has 0 radical (unpaired) electrons. The van der Waals surface area contributed by atoms with Gasteiger partial charge in [0.25, 0.3) is 0 Å². The molecule has 0 unspecified atom stereocenters. The fourth-order valence-corrected chi connectivity index (χ4v) is 3.30. The minimum Gasteiger partial charge on any atom is -0.496 e. The molecule has 0 saturated heterocycles. The number of nitrogens with zero attached hydrogens (tertiary/aromatic N) is 1. The normalized spacial score (nSPS) is 14.4. The third-order valence-corrected chi connectivity index (χ3v) is 4.83. The van der Waals surface area contributed by atoms with Crippen LogP contribution in [0.5, 0.6) is 5.75 Å². The average molecular weight is 309 g/mol. The van der Waals surface area contributed by atoms with Crippen molar-refractivity contribution in [1.82, 2.24) is 4.90 Å². The Hall–Kier alpha value is -2.13. The second kappa shape index (κ2) is 6.55. The van der Waals surface area contributed by atoms with Gasteiger partial charge >= 0.3 is 0 Å². The molecule has 1 aliphatic rings. The molecule has 3 heteroatoms. The minimum atomic E-state index is 0.188. The number of ketones is 1. The van der Waals surface area contributed by atoms with Gasteiger partial charge in [0.2, 0.25) is 0 Å². The van der Waals surface area contributed by atoms with Gasteiger partial charge in [0.1, 0.15) is 5.75 Å². The quantitative estimate of drug-likeness (QED) is 0.809. The van der Waals surface area contributed by atoms with Crippen LogP contribution in [0.4, 0.5) is 0 Å². The number of rotatable bonds is 4. The van der Waals surface area contributed by atoms with Gasteiger partial charge in [0.05, 0.1) is 13.7 Å². The summed E-state index contributed by atoms with van der Waals surface area (Å²) in [6, 6.07) is 12.3. The van der Waals surface area contributed by atoms with Crippen LogP contribution >= 0.6 is 0 Å². The Bertz CT molecular complexity index is 736. The van der Waals surface area contributed by atoms with Crippen LogP contribution in [-0.2, 0) is 13.0 Å². The Morgan fingerprint density at radius 2 is 1.83 bits per heavy atom. The molecule has 0 N–H and O–H groups in total. The lowest BCUT2D eigenvalue weighted by atomic mass is 9.97. The van der Waals surface area contributed by atoms with Crippen molar-refractivity contribution in [2.24, 2.45) is 0 Å². The van der Waals surface area contributed by atoms with Crippen LogP contribution in [-0.4, -0.2) is 30.9 Å². The van der Waals surface area contributed by atoms with Gasteiger partial charge < -0.3 is 4.74 Å². The number of benzene rings is 2. The van der Waals surface area contributed by atoms with Crippen LogP contribution in [0.2, 0.25) is 0 Å². The molecule has 0 aromatic heterocycles. The molecule has 120 valence electrons. The molecule has 3 rings (SSSR count). The zero-order chi connectivity index (χ0) is 16.4. The smallest absolute Gasteiger partial charge is 0.177 e. The zero-order valence-electron chi connectivity index (χ0n) is 14.1. The molecule has 1 heterocycles. The lowest BCUT2D eigenvalue weighted by Crippen LogP contribution is -2.35. The van der Waals surface area contributed by atoms with E-state index in [0.717, 1.165) is 42.0 Å². The van der Waals surface area contributed by atoms with E-state index in [1.807, 2.05) is 26.0 Å². The van der Waals surface area contributed by atoms with Crippen LogP contribution in [0.15, 0.2) is 36.4 Å². The summed E-state index contributed by atoms with van der Waals surface area (Å²) in [4.78, 5) is 15.0. The molecule has 1 aliphatic heterocycles. The summed E-state index contributed by atoms with van der Waals surface area (Å²) < 4.78 is 5.33. The van der Waals surface area contributed by atoms with Gasteiger partial charge in [-0.2, -0.15) is 0 Å². The molecular weight excluding hydrogens is 286 g/mol. The van der Waals surface area contributed by atoms with E-state index >= 15 is 0 Å². The number of fused-ring (bicyclic) bond motifs is 1. The molecule has 2 aromatic carbocycles. The molecule has 0 atom stereocenters. The van der Waals surface area contributed by atoms with Gasteiger partial charge in [0, 0.05) is 18.7 Å². The Morgan fingerprint density at radius 3 is 2.57 bits per heavy atom. The Labute approximate surface area is 137 Å². The first-order chi connectivity index (χ1) is 11.1. The van der Waals surface area contributed by atoms with Gasteiger partial charge in [-0.05, 0) is 54.7 Å². The first-order valence-electron chi connectivity index (χ1n) is 8.06. The topological polar surface area (TPSA) is 29.5 Å². The number of hydrogen-bond donors (Lipinski definition) is 0. The summed E-state index contributed by atoms with van der Waals surface area (Å²) in [5.41, 5.74) is 5.62. The molecule has 23 heavy (non-hydrogen) atoms. The first kappa shape index (κ1) is 15.8. The summed E-state index contributed by atoms with van der Waals surface area (Å²) >= 11 is 0. The van der Waals surface area contributed by atoms with Gasteiger partial charge in [-0.25, -0.2) is 0 Å². The Balaban J connectivity index is 1.75. The standard InChI is InChI=1S/C20H23NO2/c1-14-15(2)20(23-3)9-8-18(14)19(22)13-21-11-10-16-6-4-5-7-17(16)12-21/h4-9H,10-13H2,1-3H3. The molecule has 2 aromatic rings. The van der Waals surface area contributed by atoms with E-state index in [1.54, 1.807) is 7.11 Å². The van der Waals surface area contributed by atoms with Crippen LogP contribution in [0.1, 0.15) is 32.6 Å².